The number of ether oxygens (including phenoxy) is 2. The largest absolute Gasteiger partial charge is 0.463 e. The van der Waals surface area contributed by atoms with Crippen LogP contribution in [0.15, 0.2) is 77.4 Å². The van der Waals surface area contributed by atoms with Gasteiger partial charge in [-0.2, -0.15) is 4.98 Å². The normalized spacial score (nSPS) is 20.1. The molecule has 0 radical (unpaired) electrons. The number of carbonyl (C=O) groups excluding carboxylic acids is 4. The van der Waals surface area contributed by atoms with E-state index in [4.69, 9.17) is 9.47 Å². The number of benzene rings is 2. The first kappa shape index (κ1) is 47.2. The molecule has 4 aliphatic heterocycles. The molecule has 0 spiro atoms. The molecule has 2 saturated heterocycles. The summed E-state index contributed by atoms with van der Waals surface area (Å²) in [5, 5.41) is 5.90. The molecular formula is C44H54BrF2N7O6. The van der Waals surface area contributed by atoms with Gasteiger partial charge in [0.15, 0.2) is 12.2 Å². The fraction of sp³-hybridized carbons (Fsp3) is 0.409. The Morgan fingerprint density at radius 3 is 1.80 bits per heavy atom. The standard InChI is InChI=1S/C19H18FN3O3.C10H10FNO.C9H9BrN2O2.C5H13N.CH4/c1-11-19(25)22(2)15-7-9-16(21-18(15)26-11)23-14(8-10-17(23)24)12-3-5-13(20)6-4-12;11-8-3-1-7(2-4-8)9-5-6-10(13)12-9;1-5-9(13)12(2)6-3-4-7(10)11-8(6)14-5;1-3-4-5-6-2;/h3-7,9,11,14H,8,10H2,1-2H3;1-4,9H,5-6H2,(H,12,13);3-5H,1-2H3;6H,3-5H2,1-2H3;1H4. The van der Waals surface area contributed by atoms with Crippen LogP contribution in [0.25, 0.3) is 0 Å². The summed E-state index contributed by atoms with van der Waals surface area (Å²) in [6.07, 6.45) is 3.92. The number of amides is 4. The molecule has 4 atom stereocenters. The minimum Gasteiger partial charge on any atom is -0.463 e. The van der Waals surface area contributed by atoms with Gasteiger partial charge in [0.25, 0.3) is 11.8 Å². The molecule has 2 aromatic carbocycles. The van der Waals surface area contributed by atoms with Crippen molar-refractivity contribution in [2.45, 2.75) is 91.0 Å². The number of anilines is 3. The number of fused-ring (bicyclic) bond motifs is 2. The molecule has 2 fully saturated rings. The third kappa shape index (κ3) is 11.6. The van der Waals surface area contributed by atoms with Crippen molar-refractivity contribution in [2.75, 3.05) is 42.4 Å². The van der Waals surface area contributed by atoms with Crippen molar-refractivity contribution in [3.05, 3.63) is 100 Å². The zero-order chi connectivity index (χ0) is 42.8. The van der Waals surface area contributed by atoms with Crippen LogP contribution in [-0.4, -0.2) is 73.5 Å². The molecule has 2 N–H and O–H groups in total. The zero-order valence-corrected chi connectivity index (χ0v) is 35.6. The Balaban J connectivity index is 0.000000198. The number of rotatable bonds is 6. The van der Waals surface area contributed by atoms with Crippen LogP contribution in [0.2, 0.25) is 0 Å². The van der Waals surface area contributed by atoms with Crippen molar-refractivity contribution in [1.82, 2.24) is 20.6 Å². The van der Waals surface area contributed by atoms with Crippen LogP contribution in [0.4, 0.5) is 26.0 Å². The van der Waals surface area contributed by atoms with Gasteiger partial charge in [-0.05, 0) is 122 Å². The maximum absolute atomic E-state index is 13.2. The Morgan fingerprint density at radius 2 is 1.30 bits per heavy atom. The number of nitrogens with one attached hydrogen (secondary N) is 2. The van der Waals surface area contributed by atoms with Gasteiger partial charge >= 0.3 is 0 Å². The topological polar surface area (TPSA) is 146 Å². The molecule has 4 amide bonds. The summed E-state index contributed by atoms with van der Waals surface area (Å²) in [4.78, 5) is 60.3. The highest BCUT2D eigenvalue weighted by molar-refractivity contribution is 9.10. The molecule has 0 aliphatic carbocycles. The fourth-order valence-electron chi connectivity index (χ4n) is 6.75. The van der Waals surface area contributed by atoms with Crippen molar-refractivity contribution in [3.63, 3.8) is 0 Å². The lowest BCUT2D eigenvalue weighted by atomic mass is 10.0. The number of carbonyl (C=O) groups is 4. The molecular weight excluding hydrogens is 840 g/mol. The smallest absolute Gasteiger partial charge is 0.267 e. The maximum atomic E-state index is 13.2. The van der Waals surface area contributed by atoms with E-state index in [1.165, 1.54) is 42.0 Å². The van der Waals surface area contributed by atoms with E-state index in [1.54, 1.807) is 86.3 Å². The highest BCUT2D eigenvalue weighted by Gasteiger charge is 2.36. The van der Waals surface area contributed by atoms with Gasteiger partial charge < -0.3 is 29.9 Å². The number of pyridine rings is 2. The molecule has 2 aromatic heterocycles. The van der Waals surface area contributed by atoms with Crippen LogP contribution < -0.4 is 34.8 Å². The van der Waals surface area contributed by atoms with Crippen LogP contribution >= 0.6 is 15.9 Å². The second kappa shape index (κ2) is 21.7. The lowest BCUT2D eigenvalue weighted by Crippen LogP contribution is -2.42. The Hall–Kier alpha value is -5.48. The number of hydrogen-bond donors (Lipinski definition) is 2. The van der Waals surface area contributed by atoms with E-state index in [0.717, 1.165) is 24.1 Å². The van der Waals surface area contributed by atoms with Crippen LogP contribution in [0.5, 0.6) is 11.8 Å². The van der Waals surface area contributed by atoms with Gasteiger partial charge in [0, 0.05) is 26.9 Å². The van der Waals surface area contributed by atoms with Gasteiger partial charge in [0.2, 0.25) is 23.6 Å². The van der Waals surface area contributed by atoms with Gasteiger partial charge in [-0.1, -0.05) is 45.0 Å². The molecule has 322 valence electrons. The number of hydrogen-bond acceptors (Lipinski definition) is 9. The maximum Gasteiger partial charge on any atom is 0.267 e. The second-order valence-electron chi connectivity index (χ2n) is 14.3. The van der Waals surface area contributed by atoms with E-state index < -0.39 is 12.2 Å². The Morgan fingerprint density at radius 1 is 0.767 bits per heavy atom. The van der Waals surface area contributed by atoms with E-state index in [0.29, 0.717) is 52.8 Å². The van der Waals surface area contributed by atoms with Crippen LogP contribution in [0.3, 0.4) is 0 Å². The van der Waals surface area contributed by atoms with Gasteiger partial charge in [0.05, 0.1) is 12.1 Å². The summed E-state index contributed by atoms with van der Waals surface area (Å²) in [5.74, 6) is 0.573. The van der Waals surface area contributed by atoms with E-state index in [-0.39, 0.29) is 54.8 Å². The number of aromatic nitrogens is 2. The molecule has 13 nitrogen and oxygen atoms in total. The molecule has 8 rings (SSSR count). The molecule has 0 saturated carbocycles. The van der Waals surface area contributed by atoms with Gasteiger partial charge in [-0.3, -0.25) is 24.1 Å². The van der Waals surface area contributed by atoms with Crippen molar-refractivity contribution in [3.8, 4) is 11.8 Å². The van der Waals surface area contributed by atoms with Gasteiger partial charge in [-0.15, -0.1) is 0 Å². The van der Waals surface area contributed by atoms with E-state index in [9.17, 15) is 28.0 Å². The second-order valence-corrected chi connectivity index (χ2v) is 15.1. The number of nitrogens with zero attached hydrogens (tertiary/aromatic N) is 5. The summed E-state index contributed by atoms with van der Waals surface area (Å²) in [7, 11) is 5.37. The Bertz CT molecular complexity index is 2110. The molecule has 4 unspecified atom stereocenters. The number of likely N-dealkylation sites (N-methyl/N-ethyl adjacent to an activating group) is 2. The van der Waals surface area contributed by atoms with Crippen molar-refractivity contribution in [1.29, 1.82) is 0 Å². The highest BCUT2D eigenvalue weighted by atomic mass is 79.9. The lowest BCUT2D eigenvalue weighted by Gasteiger charge is -2.31. The average Bonchev–Trinajstić information content (AvgIpc) is 3.84. The number of halogens is 3. The predicted molar refractivity (Wildman–Crippen MR) is 231 cm³/mol. The Labute approximate surface area is 359 Å². The van der Waals surface area contributed by atoms with Crippen molar-refractivity contribution < 1.29 is 37.4 Å². The minimum absolute atomic E-state index is 0. The number of unbranched alkanes of at least 4 members (excludes halogenated alkanes) is 1. The average molecular weight is 895 g/mol. The summed E-state index contributed by atoms with van der Waals surface area (Å²) < 4.78 is 37.5. The van der Waals surface area contributed by atoms with Crippen LogP contribution in [0, 0.1) is 11.6 Å². The lowest BCUT2D eigenvalue weighted by molar-refractivity contribution is -0.126. The van der Waals surface area contributed by atoms with Crippen molar-refractivity contribution >= 4 is 56.8 Å². The zero-order valence-electron chi connectivity index (χ0n) is 34.0. The van der Waals surface area contributed by atoms with Gasteiger partial charge in [0.1, 0.15) is 33.4 Å². The quantitative estimate of drug-likeness (QED) is 0.146. The fourth-order valence-corrected chi connectivity index (χ4v) is 7.05. The monoisotopic (exact) mass is 893 g/mol. The first-order chi connectivity index (χ1) is 28.2. The Kier molecular flexibility index (Phi) is 17.1. The minimum atomic E-state index is -0.627. The highest BCUT2D eigenvalue weighted by Crippen LogP contribution is 2.40. The van der Waals surface area contributed by atoms with Gasteiger partial charge in [-0.25, -0.2) is 13.8 Å². The molecule has 6 heterocycles. The third-order valence-electron chi connectivity index (χ3n) is 10.0. The summed E-state index contributed by atoms with van der Waals surface area (Å²) in [5.41, 5.74) is 3.11. The van der Waals surface area contributed by atoms with Crippen LogP contribution in [0.1, 0.15) is 89.9 Å². The summed E-state index contributed by atoms with van der Waals surface area (Å²) in [6, 6.07) is 19.3. The first-order valence-corrected chi connectivity index (χ1v) is 20.3. The summed E-state index contributed by atoms with van der Waals surface area (Å²) in [6.45, 7) is 6.73. The molecule has 16 heteroatoms. The van der Waals surface area contributed by atoms with E-state index in [1.807, 2.05) is 7.05 Å². The molecule has 4 aromatic rings. The SMILES string of the molecule is C.CC1Oc2nc(Br)ccc2N(C)C1=O.CC1Oc2nc(N3C(=O)CCC3c3ccc(F)cc3)ccc2N(C)C1=O.CCCCNC.O=C1CCC(c2ccc(F)cc2)N1. The first-order valence-electron chi connectivity index (χ1n) is 19.5. The molecule has 4 aliphatic rings. The summed E-state index contributed by atoms with van der Waals surface area (Å²) >= 11 is 3.25. The van der Waals surface area contributed by atoms with E-state index in [2.05, 4.69) is 43.5 Å². The molecule has 60 heavy (non-hydrogen) atoms. The molecule has 0 bridgehead atoms. The van der Waals surface area contributed by atoms with Crippen molar-refractivity contribution in [2.24, 2.45) is 0 Å². The predicted octanol–water partition coefficient (Wildman–Crippen LogP) is 7.84. The van der Waals surface area contributed by atoms with E-state index >= 15 is 0 Å². The third-order valence-corrected chi connectivity index (χ3v) is 10.5. The van der Waals surface area contributed by atoms with Crippen LogP contribution in [-0.2, 0) is 19.2 Å².